The van der Waals surface area contributed by atoms with E-state index in [2.05, 4.69) is 5.32 Å². The minimum atomic E-state index is -0.647. The van der Waals surface area contributed by atoms with Crippen molar-refractivity contribution in [3.05, 3.63) is 88.8 Å². The van der Waals surface area contributed by atoms with Crippen molar-refractivity contribution in [1.29, 1.82) is 0 Å². The average Bonchev–Trinajstić information content (AvgIpc) is 2.99. The molecule has 1 N–H and O–H groups in total. The molecule has 0 aliphatic carbocycles. The zero-order valence-corrected chi connectivity index (χ0v) is 17.5. The number of rotatable bonds is 3. The highest BCUT2D eigenvalue weighted by Gasteiger charge is 2.34. The Morgan fingerprint density at radius 3 is 2.32 bits per heavy atom. The van der Waals surface area contributed by atoms with Crippen molar-refractivity contribution in [1.82, 2.24) is 9.88 Å². The van der Waals surface area contributed by atoms with Gasteiger partial charge in [0.2, 0.25) is 0 Å². The Balaban J connectivity index is 1.76. The van der Waals surface area contributed by atoms with Crippen molar-refractivity contribution in [2.45, 2.75) is 13.8 Å². The molecule has 3 aromatic rings. The van der Waals surface area contributed by atoms with Gasteiger partial charge in [0.1, 0.15) is 17.2 Å². The first-order valence-electron chi connectivity index (χ1n) is 9.38. The van der Waals surface area contributed by atoms with E-state index in [4.69, 9.17) is 12.2 Å². The number of halogens is 2. The minimum absolute atomic E-state index is 0.116. The fraction of sp³-hybridized carbons (Fsp3) is 0.0870. The summed E-state index contributed by atoms with van der Waals surface area (Å²) in [5.74, 6) is -2.15. The second-order valence-electron chi connectivity index (χ2n) is 7.08. The molecule has 4 rings (SSSR count). The largest absolute Gasteiger partial charge is 0.318 e. The molecular weight excluding hydrogens is 420 g/mol. The van der Waals surface area contributed by atoms with Crippen molar-refractivity contribution >= 4 is 40.9 Å². The number of carbonyl (C=O) groups excluding carboxylic acids is 2. The molecule has 0 unspecified atom stereocenters. The molecular formula is C23H17F2N3O2S. The highest BCUT2D eigenvalue weighted by molar-refractivity contribution is 7.80. The molecule has 0 bridgehead atoms. The van der Waals surface area contributed by atoms with E-state index in [0.717, 1.165) is 22.0 Å². The Hall–Kier alpha value is -3.65. The van der Waals surface area contributed by atoms with E-state index in [1.165, 1.54) is 42.5 Å². The van der Waals surface area contributed by atoms with Gasteiger partial charge in [0.25, 0.3) is 11.8 Å². The lowest BCUT2D eigenvalue weighted by Gasteiger charge is -2.28. The van der Waals surface area contributed by atoms with E-state index < -0.39 is 17.6 Å². The number of hydrogen-bond acceptors (Lipinski definition) is 3. The van der Waals surface area contributed by atoms with Gasteiger partial charge in [0, 0.05) is 17.1 Å². The van der Waals surface area contributed by atoms with Crippen LogP contribution in [-0.2, 0) is 9.59 Å². The molecule has 1 fully saturated rings. The number of thiocarbonyl (C=S) groups is 1. The van der Waals surface area contributed by atoms with Gasteiger partial charge in [-0.15, -0.1) is 0 Å². The summed E-state index contributed by atoms with van der Waals surface area (Å²) >= 11 is 5.14. The standard InChI is InChI=1S/C23H17F2N3O2S/c1-13-10-15(14(2)27(13)18-8-6-16(24)7-9-18)11-20-21(29)26-23(31)28(22(20)30)19-5-3-4-17(25)12-19/h3-12H,1-2H3,(H,26,29,31). The number of hydrogen-bond donors (Lipinski definition) is 1. The summed E-state index contributed by atoms with van der Waals surface area (Å²) in [4.78, 5) is 26.7. The molecule has 2 heterocycles. The molecule has 31 heavy (non-hydrogen) atoms. The first-order chi connectivity index (χ1) is 14.8. The van der Waals surface area contributed by atoms with Crippen LogP contribution in [0.15, 0.2) is 60.2 Å². The van der Waals surface area contributed by atoms with E-state index in [9.17, 15) is 18.4 Å². The lowest BCUT2D eigenvalue weighted by Crippen LogP contribution is -2.54. The first kappa shape index (κ1) is 20.6. The number of aryl methyl sites for hydroxylation is 1. The monoisotopic (exact) mass is 437 g/mol. The third kappa shape index (κ3) is 3.77. The minimum Gasteiger partial charge on any atom is -0.318 e. The molecule has 1 aliphatic heterocycles. The smallest absolute Gasteiger partial charge is 0.270 e. The van der Waals surface area contributed by atoms with Crippen LogP contribution in [0.2, 0.25) is 0 Å². The van der Waals surface area contributed by atoms with Crippen LogP contribution in [0.4, 0.5) is 14.5 Å². The molecule has 1 aliphatic rings. The van der Waals surface area contributed by atoms with E-state index in [1.807, 2.05) is 24.5 Å². The molecule has 8 heteroatoms. The number of nitrogens with one attached hydrogen (secondary N) is 1. The maximum atomic E-state index is 13.7. The highest BCUT2D eigenvalue weighted by atomic mass is 32.1. The highest BCUT2D eigenvalue weighted by Crippen LogP contribution is 2.26. The molecule has 1 aromatic heterocycles. The van der Waals surface area contributed by atoms with Gasteiger partial charge in [0.15, 0.2) is 5.11 Å². The fourth-order valence-corrected chi connectivity index (χ4v) is 3.86. The summed E-state index contributed by atoms with van der Waals surface area (Å²) in [5, 5.41) is 2.37. The fourth-order valence-electron chi connectivity index (χ4n) is 3.58. The summed E-state index contributed by atoms with van der Waals surface area (Å²) < 4.78 is 28.9. The van der Waals surface area contributed by atoms with Gasteiger partial charge in [0.05, 0.1) is 5.69 Å². The number of nitrogens with zero attached hydrogens (tertiary/aromatic N) is 2. The number of aromatic nitrogens is 1. The first-order valence-corrected chi connectivity index (χ1v) is 9.79. The Morgan fingerprint density at radius 1 is 0.935 bits per heavy atom. The van der Waals surface area contributed by atoms with Crippen molar-refractivity contribution < 1.29 is 18.4 Å². The maximum Gasteiger partial charge on any atom is 0.270 e. The lowest BCUT2D eigenvalue weighted by molar-refractivity contribution is -0.122. The van der Waals surface area contributed by atoms with Crippen LogP contribution >= 0.6 is 12.2 Å². The van der Waals surface area contributed by atoms with Crippen LogP contribution in [-0.4, -0.2) is 21.5 Å². The molecule has 2 amide bonds. The van der Waals surface area contributed by atoms with Crippen molar-refractivity contribution in [2.24, 2.45) is 0 Å². The zero-order valence-electron chi connectivity index (χ0n) is 16.6. The SMILES string of the molecule is Cc1cc(C=C2C(=O)NC(=S)N(c3cccc(F)c3)C2=O)c(C)n1-c1ccc(F)cc1. The zero-order chi connectivity index (χ0) is 22.3. The van der Waals surface area contributed by atoms with Crippen LogP contribution in [0.1, 0.15) is 17.0 Å². The van der Waals surface area contributed by atoms with Crippen molar-refractivity contribution in [3.63, 3.8) is 0 Å². The summed E-state index contributed by atoms with van der Waals surface area (Å²) in [6.45, 7) is 3.71. The quantitative estimate of drug-likeness (QED) is 0.380. The molecule has 0 radical (unpaired) electrons. The van der Waals surface area contributed by atoms with E-state index in [-0.39, 0.29) is 22.2 Å². The van der Waals surface area contributed by atoms with Gasteiger partial charge in [-0.3, -0.25) is 19.8 Å². The van der Waals surface area contributed by atoms with Gasteiger partial charge in [-0.25, -0.2) is 8.78 Å². The van der Waals surface area contributed by atoms with Crippen molar-refractivity contribution in [2.75, 3.05) is 4.90 Å². The third-order valence-electron chi connectivity index (χ3n) is 5.02. The Labute approximate surface area is 182 Å². The number of carbonyl (C=O) groups is 2. The summed E-state index contributed by atoms with van der Waals surface area (Å²) in [6.07, 6.45) is 1.48. The van der Waals surface area contributed by atoms with Gasteiger partial charge in [-0.2, -0.15) is 0 Å². The predicted molar refractivity (Wildman–Crippen MR) is 118 cm³/mol. The van der Waals surface area contributed by atoms with Crippen LogP contribution in [0.25, 0.3) is 11.8 Å². The molecule has 0 atom stereocenters. The topological polar surface area (TPSA) is 54.3 Å². The maximum absolute atomic E-state index is 13.7. The Kier molecular flexibility index (Phi) is 5.24. The number of benzene rings is 2. The van der Waals surface area contributed by atoms with Gasteiger partial charge in [-0.05, 0) is 86.2 Å². The Morgan fingerprint density at radius 2 is 1.65 bits per heavy atom. The van der Waals surface area contributed by atoms with Crippen LogP contribution in [0, 0.1) is 25.5 Å². The second kappa shape index (κ2) is 7.88. The second-order valence-corrected chi connectivity index (χ2v) is 7.46. The van der Waals surface area contributed by atoms with E-state index in [0.29, 0.717) is 5.56 Å². The van der Waals surface area contributed by atoms with E-state index >= 15 is 0 Å². The molecule has 0 spiro atoms. The molecule has 2 aromatic carbocycles. The van der Waals surface area contributed by atoms with Crippen LogP contribution in [0.3, 0.4) is 0 Å². The predicted octanol–water partition coefficient (Wildman–Crippen LogP) is 4.20. The molecule has 5 nitrogen and oxygen atoms in total. The molecule has 0 saturated carbocycles. The van der Waals surface area contributed by atoms with E-state index in [1.54, 1.807) is 12.1 Å². The normalized spacial score (nSPS) is 15.5. The van der Waals surface area contributed by atoms with Crippen LogP contribution < -0.4 is 10.2 Å². The summed E-state index contributed by atoms with van der Waals surface area (Å²) in [6, 6.07) is 13.2. The average molecular weight is 437 g/mol. The Bertz CT molecular complexity index is 1260. The lowest BCUT2D eigenvalue weighted by atomic mass is 10.1. The van der Waals surface area contributed by atoms with Gasteiger partial charge >= 0.3 is 0 Å². The summed E-state index contributed by atoms with van der Waals surface area (Å²) in [5.41, 5.74) is 3.10. The van der Waals surface area contributed by atoms with Crippen LogP contribution in [0.5, 0.6) is 0 Å². The molecule has 1 saturated heterocycles. The number of anilines is 1. The third-order valence-corrected chi connectivity index (χ3v) is 5.31. The van der Waals surface area contributed by atoms with Gasteiger partial charge < -0.3 is 4.57 Å². The summed E-state index contributed by atoms with van der Waals surface area (Å²) in [7, 11) is 0. The number of amides is 2. The van der Waals surface area contributed by atoms with Gasteiger partial charge in [-0.1, -0.05) is 6.07 Å². The molecule has 156 valence electrons. The van der Waals surface area contributed by atoms with Crippen molar-refractivity contribution in [3.8, 4) is 5.69 Å².